The maximum atomic E-state index is 9.47. The summed E-state index contributed by atoms with van der Waals surface area (Å²) in [6.45, 7) is 7.22. The fourth-order valence-electron chi connectivity index (χ4n) is 2.30. The van der Waals surface area contributed by atoms with Gasteiger partial charge in [-0.1, -0.05) is 45.0 Å². The molecule has 3 N–H and O–H groups in total. The number of benzene rings is 2. The van der Waals surface area contributed by atoms with Crippen LogP contribution in [0.1, 0.15) is 31.9 Å². The molecule has 23 heavy (non-hydrogen) atoms. The van der Waals surface area contributed by atoms with Crippen molar-refractivity contribution in [3.8, 4) is 16.9 Å². The molecule has 2 aromatic rings. The minimum Gasteiger partial charge on any atom is -0.508 e. The highest BCUT2D eigenvalue weighted by Gasteiger charge is 2.15. The summed E-state index contributed by atoms with van der Waals surface area (Å²) in [5.74, 6) is 0.269. The maximum absolute atomic E-state index is 9.47. The van der Waals surface area contributed by atoms with Gasteiger partial charge in [0.25, 0.3) is 0 Å². The third-order valence-electron chi connectivity index (χ3n) is 3.61. The molecule has 0 aliphatic carbocycles. The summed E-state index contributed by atoms with van der Waals surface area (Å²) in [6.07, 6.45) is 2.53. The first-order valence-corrected chi connectivity index (χ1v) is 7.58. The van der Waals surface area contributed by atoms with E-state index in [2.05, 4.69) is 49.3 Å². The van der Waals surface area contributed by atoms with Crippen LogP contribution < -0.4 is 5.32 Å². The van der Waals surface area contributed by atoms with Gasteiger partial charge in [-0.15, -0.1) is 0 Å². The van der Waals surface area contributed by atoms with Gasteiger partial charge >= 0.3 is 0 Å². The molecule has 0 radical (unpaired) electrons. The van der Waals surface area contributed by atoms with Gasteiger partial charge in [-0.2, -0.15) is 0 Å². The van der Waals surface area contributed by atoms with Gasteiger partial charge < -0.3 is 10.4 Å². The normalized spacial score (nSPS) is 11.6. The third kappa shape index (κ3) is 4.68. The van der Waals surface area contributed by atoms with Gasteiger partial charge in [0.05, 0.1) is 6.34 Å². The second-order valence-corrected chi connectivity index (χ2v) is 6.50. The standard InChI is InChI=1S/C19H23N3O/c1-19(2,3)17-9-14(11-21-13-22-12-20)8-16(10-17)15-4-6-18(23)7-5-15/h4-10,12-13,23H,11H2,1-3H3,(H2,20,21,22). The van der Waals surface area contributed by atoms with Gasteiger partial charge in [-0.25, -0.2) is 4.99 Å². The van der Waals surface area contributed by atoms with E-state index < -0.39 is 0 Å². The van der Waals surface area contributed by atoms with E-state index in [4.69, 9.17) is 5.41 Å². The van der Waals surface area contributed by atoms with E-state index in [9.17, 15) is 5.11 Å². The Morgan fingerprint density at radius 3 is 2.39 bits per heavy atom. The first kappa shape index (κ1) is 16.7. The first-order valence-electron chi connectivity index (χ1n) is 7.58. The molecule has 120 valence electrons. The highest BCUT2D eigenvalue weighted by Crippen LogP contribution is 2.30. The molecule has 0 atom stereocenters. The quantitative estimate of drug-likeness (QED) is 0.575. The molecule has 0 aliphatic rings. The summed E-state index contributed by atoms with van der Waals surface area (Å²) in [6, 6.07) is 13.8. The van der Waals surface area contributed by atoms with Crippen molar-refractivity contribution in [3.63, 3.8) is 0 Å². The molecule has 0 saturated carbocycles. The molecule has 0 saturated heterocycles. The van der Waals surface area contributed by atoms with Gasteiger partial charge in [0.2, 0.25) is 0 Å². The smallest absolute Gasteiger partial charge is 0.115 e. The highest BCUT2D eigenvalue weighted by molar-refractivity contribution is 5.69. The van der Waals surface area contributed by atoms with Gasteiger partial charge in [0.1, 0.15) is 12.1 Å². The molecule has 0 fully saturated rings. The lowest BCUT2D eigenvalue weighted by Crippen LogP contribution is -2.14. The van der Waals surface area contributed by atoms with E-state index in [1.807, 2.05) is 12.1 Å². The lowest BCUT2D eigenvalue weighted by atomic mass is 9.84. The van der Waals surface area contributed by atoms with E-state index in [0.29, 0.717) is 6.54 Å². The summed E-state index contributed by atoms with van der Waals surface area (Å²) in [5.41, 5.74) is 4.65. The minimum absolute atomic E-state index is 0.0464. The van der Waals surface area contributed by atoms with E-state index in [0.717, 1.165) is 23.0 Å². The summed E-state index contributed by atoms with van der Waals surface area (Å²) < 4.78 is 0. The average molecular weight is 309 g/mol. The van der Waals surface area contributed by atoms with E-state index in [1.165, 1.54) is 11.9 Å². The molecule has 0 aromatic heterocycles. The van der Waals surface area contributed by atoms with Crippen LogP contribution in [0.2, 0.25) is 0 Å². The number of nitrogens with one attached hydrogen (secondary N) is 2. The molecule has 0 heterocycles. The Morgan fingerprint density at radius 2 is 1.78 bits per heavy atom. The Hall–Kier alpha value is -2.62. The molecule has 2 aromatic carbocycles. The maximum Gasteiger partial charge on any atom is 0.115 e. The molecule has 4 nitrogen and oxygen atoms in total. The van der Waals surface area contributed by atoms with Crippen molar-refractivity contribution < 1.29 is 5.11 Å². The molecule has 0 spiro atoms. The number of rotatable bonds is 5. The average Bonchev–Trinajstić information content (AvgIpc) is 2.51. The summed E-state index contributed by atoms with van der Waals surface area (Å²) in [5, 5.41) is 19.4. The first-order chi connectivity index (χ1) is 10.9. The van der Waals surface area contributed by atoms with Crippen molar-refractivity contribution in [2.45, 2.75) is 32.7 Å². The largest absolute Gasteiger partial charge is 0.508 e. The molecule has 0 amide bonds. The van der Waals surface area contributed by atoms with Crippen molar-refractivity contribution in [1.29, 1.82) is 5.41 Å². The number of hydrogen-bond donors (Lipinski definition) is 3. The number of hydrogen-bond acceptors (Lipinski definition) is 2. The zero-order chi connectivity index (χ0) is 16.9. The molecule has 2 rings (SSSR count). The Morgan fingerprint density at radius 1 is 1.09 bits per heavy atom. The van der Waals surface area contributed by atoms with Gasteiger partial charge in [-0.3, -0.25) is 5.41 Å². The Kier molecular flexibility index (Phi) is 5.16. The topological polar surface area (TPSA) is 68.5 Å². The second-order valence-electron chi connectivity index (χ2n) is 6.50. The zero-order valence-corrected chi connectivity index (χ0v) is 13.8. The fraction of sp³-hybridized carbons (Fsp3) is 0.263. The van der Waals surface area contributed by atoms with E-state index in [-0.39, 0.29) is 11.2 Å². The number of aliphatic imine (C=N–C) groups is 1. The Bertz CT molecular complexity index is 698. The number of phenolic OH excluding ortho intramolecular Hbond substituents is 1. The number of aromatic hydroxyl groups is 1. The van der Waals surface area contributed by atoms with Crippen molar-refractivity contribution in [2.24, 2.45) is 4.99 Å². The van der Waals surface area contributed by atoms with Crippen LogP contribution in [0.25, 0.3) is 11.1 Å². The van der Waals surface area contributed by atoms with E-state index >= 15 is 0 Å². The summed E-state index contributed by atoms with van der Waals surface area (Å²) in [4.78, 5) is 3.73. The van der Waals surface area contributed by atoms with Crippen molar-refractivity contribution in [1.82, 2.24) is 5.32 Å². The second kappa shape index (κ2) is 7.09. The van der Waals surface area contributed by atoms with Crippen LogP contribution in [-0.2, 0) is 12.0 Å². The monoisotopic (exact) mass is 309 g/mol. The lowest BCUT2D eigenvalue weighted by molar-refractivity contribution is 0.475. The minimum atomic E-state index is 0.0464. The van der Waals surface area contributed by atoms with Gasteiger partial charge in [-0.05, 0) is 45.9 Å². The molecule has 0 unspecified atom stereocenters. The van der Waals surface area contributed by atoms with Crippen LogP contribution in [0.4, 0.5) is 0 Å². The predicted molar refractivity (Wildman–Crippen MR) is 96.4 cm³/mol. The summed E-state index contributed by atoms with van der Waals surface area (Å²) in [7, 11) is 0. The van der Waals surface area contributed by atoms with E-state index in [1.54, 1.807) is 12.1 Å². The number of phenols is 1. The van der Waals surface area contributed by atoms with Crippen LogP contribution in [-0.4, -0.2) is 17.8 Å². The molecule has 0 aliphatic heterocycles. The van der Waals surface area contributed by atoms with Crippen molar-refractivity contribution >= 4 is 12.7 Å². The fourth-order valence-corrected chi connectivity index (χ4v) is 2.30. The van der Waals surface area contributed by atoms with Crippen LogP contribution in [0.15, 0.2) is 47.5 Å². The lowest BCUT2D eigenvalue weighted by Gasteiger charge is -2.21. The van der Waals surface area contributed by atoms with Crippen LogP contribution in [0, 0.1) is 5.41 Å². The molecule has 4 heteroatoms. The van der Waals surface area contributed by atoms with Crippen LogP contribution in [0.5, 0.6) is 5.75 Å². The van der Waals surface area contributed by atoms with Crippen molar-refractivity contribution in [3.05, 3.63) is 53.6 Å². The van der Waals surface area contributed by atoms with Crippen LogP contribution >= 0.6 is 0 Å². The summed E-state index contributed by atoms with van der Waals surface area (Å²) >= 11 is 0. The predicted octanol–water partition coefficient (Wildman–Crippen LogP) is 4.08. The van der Waals surface area contributed by atoms with Crippen LogP contribution in [0.3, 0.4) is 0 Å². The van der Waals surface area contributed by atoms with Gasteiger partial charge in [0, 0.05) is 6.54 Å². The molecule has 0 bridgehead atoms. The molecular weight excluding hydrogens is 286 g/mol. The zero-order valence-electron chi connectivity index (χ0n) is 13.8. The Balaban J connectivity index is 2.38. The highest BCUT2D eigenvalue weighted by atomic mass is 16.3. The Labute approximate surface area is 137 Å². The molecular formula is C19H23N3O. The number of nitrogens with zero attached hydrogens (tertiary/aromatic N) is 1. The third-order valence-corrected chi connectivity index (χ3v) is 3.61. The van der Waals surface area contributed by atoms with Crippen molar-refractivity contribution in [2.75, 3.05) is 0 Å². The SMILES string of the molecule is CC(C)(C)c1cc(CN/C=N\C=N)cc(-c2ccc(O)cc2)c1. The van der Waals surface area contributed by atoms with Gasteiger partial charge in [0.15, 0.2) is 0 Å².